The van der Waals surface area contributed by atoms with Crippen LogP contribution in [0.15, 0.2) is 60.7 Å². The lowest BCUT2D eigenvalue weighted by Gasteiger charge is -2.65. The molecule has 2 bridgehead atoms. The monoisotopic (exact) mass is 560 g/mol. The predicted molar refractivity (Wildman–Crippen MR) is 145 cm³/mol. The van der Waals surface area contributed by atoms with Gasteiger partial charge < -0.3 is 29.4 Å². The number of carbonyl (C=O) groups is 3. The third-order valence-electron chi connectivity index (χ3n) is 10.0. The van der Waals surface area contributed by atoms with Crippen molar-refractivity contribution in [2.24, 2.45) is 11.3 Å². The number of piperidine rings is 1. The summed E-state index contributed by atoms with van der Waals surface area (Å²) in [6.07, 6.45) is 1.52. The van der Waals surface area contributed by atoms with Crippen molar-refractivity contribution >= 4 is 29.7 Å². The van der Waals surface area contributed by atoms with Crippen LogP contribution in [-0.4, -0.2) is 84.8 Å². The lowest BCUT2D eigenvalue weighted by molar-refractivity contribution is -0.254. The molecule has 8 atom stereocenters. The number of carbonyl (C=O) groups excluding carboxylic acids is 3. The van der Waals surface area contributed by atoms with E-state index in [2.05, 4.69) is 5.32 Å². The summed E-state index contributed by atoms with van der Waals surface area (Å²) in [6.45, 7) is 2.01. The van der Waals surface area contributed by atoms with Crippen molar-refractivity contribution in [3.63, 3.8) is 0 Å². The Morgan fingerprint density at radius 2 is 1.85 bits per heavy atom. The van der Waals surface area contributed by atoms with E-state index in [4.69, 9.17) is 18.9 Å². The molecule has 1 spiro atoms. The number of hydrogen-bond acceptors (Lipinski definition) is 10. The third kappa shape index (κ3) is 2.99. The van der Waals surface area contributed by atoms with Crippen molar-refractivity contribution in [3.05, 3.63) is 71.8 Å². The van der Waals surface area contributed by atoms with E-state index in [1.807, 2.05) is 67.4 Å². The maximum Gasteiger partial charge on any atom is 0.325 e. The minimum absolute atomic E-state index is 0.144. The Balaban J connectivity index is 1.45. The molecule has 2 aromatic carbocycles. The van der Waals surface area contributed by atoms with Crippen LogP contribution in [-0.2, 0) is 38.7 Å². The second-order valence-corrected chi connectivity index (χ2v) is 11.7. The standard InChI is InChI=1S/C31H32N2O8/c1-18-28(40-18)17-33(2)25-23(35)24(28)30(26(36)38-3,27(37)39-15-9-12-19-10-5-4-6-11-19)29-16-22(34)41-31(25,29)32-21-14-8-7-13-20(21)29/h4-14,18,23-25,32,35H,15-17H2,1-3H3/t18-,23-,24+,25+,28+,29+,30-,31-/m1/s1. The van der Waals surface area contributed by atoms with Gasteiger partial charge in [-0.15, -0.1) is 0 Å². The van der Waals surface area contributed by atoms with E-state index in [0.717, 1.165) is 5.56 Å². The minimum Gasteiger partial charge on any atom is -0.468 e. The van der Waals surface area contributed by atoms with Crippen molar-refractivity contribution < 1.29 is 38.4 Å². The van der Waals surface area contributed by atoms with Gasteiger partial charge in [0.2, 0.25) is 5.72 Å². The van der Waals surface area contributed by atoms with Crippen molar-refractivity contribution in [1.82, 2.24) is 4.90 Å². The number of aliphatic hydroxyl groups is 1. The summed E-state index contributed by atoms with van der Waals surface area (Å²) in [4.78, 5) is 44.5. The highest BCUT2D eigenvalue weighted by Crippen LogP contribution is 2.74. The summed E-state index contributed by atoms with van der Waals surface area (Å²) in [5, 5.41) is 15.5. The highest BCUT2D eigenvalue weighted by molar-refractivity contribution is 6.06. The number of epoxide rings is 1. The van der Waals surface area contributed by atoms with Gasteiger partial charge in [-0.25, -0.2) is 0 Å². The van der Waals surface area contributed by atoms with E-state index in [1.54, 1.807) is 18.2 Å². The normalized spacial score (nSPS) is 39.9. The molecule has 1 aliphatic carbocycles. The van der Waals surface area contributed by atoms with Crippen LogP contribution < -0.4 is 5.32 Å². The molecular formula is C31H32N2O8. The fourth-order valence-electron chi connectivity index (χ4n) is 8.65. The van der Waals surface area contributed by atoms with E-state index >= 15 is 0 Å². The smallest absolute Gasteiger partial charge is 0.325 e. The van der Waals surface area contributed by atoms with Crippen LogP contribution in [0.1, 0.15) is 24.5 Å². The zero-order chi connectivity index (χ0) is 28.8. The molecule has 0 amide bonds. The summed E-state index contributed by atoms with van der Waals surface area (Å²) in [5.74, 6) is -3.47. The zero-order valence-electron chi connectivity index (χ0n) is 23.0. The first kappa shape index (κ1) is 26.2. The second kappa shape index (κ2) is 8.64. The number of methoxy groups -OCH3 is 1. The number of rotatable bonds is 5. The molecule has 0 unspecified atom stereocenters. The Labute approximate surface area is 237 Å². The Morgan fingerprint density at radius 1 is 1.15 bits per heavy atom. The molecule has 214 valence electrons. The van der Waals surface area contributed by atoms with Crippen molar-refractivity contribution in [2.45, 2.75) is 48.3 Å². The van der Waals surface area contributed by atoms with Gasteiger partial charge in [0.1, 0.15) is 12.2 Å². The molecule has 2 aromatic rings. The number of para-hydroxylation sites is 1. The molecule has 0 aromatic heterocycles. The van der Waals surface area contributed by atoms with Gasteiger partial charge in [-0.1, -0.05) is 54.6 Å². The van der Waals surface area contributed by atoms with Gasteiger partial charge in [0.05, 0.1) is 37.2 Å². The van der Waals surface area contributed by atoms with Gasteiger partial charge in [-0.3, -0.25) is 19.3 Å². The van der Waals surface area contributed by atoms with E-state index in [-0.39, 0.29) is 19.1 Å². The van der Waals surface area contributed by atoms with Crippen LogP contribution in [0.3, 0.4) is 0 Å². The van der Waals surface area contributed by atoms with Gasteiger partial charge >= 0.3 is 17.9 Å². The Hall–Kier alpha value is -3.73. The fraction of sp³-hybridized carbons (Fsp3) is 0.452. The number of fused-ring (bicyclic) bond motifs is 4. The van der Waals surface area contributed by atoms with Crippen molar-refractivity contribution in [2.75, 3.05) is 32.6 Å². The highest BCUT2D eigenvalue weighted by atomic mass is 16.6. The van der Waals surface area contributed by atoms with Crippen LogP contribution in [0, 0.1) is 11.3 Å². The number of hydrogen-bond donors (Lipinski definition) is 2. The molecule has 4 heterocycles. The average molecular weight is 561 g/mol. The summed E-state index contributed by atoms with van der Waals surface area (Å²) in [6, 6.07) is 16.0. The van der Waals surface area contributed by atoms with E-state index in [9.17, 15) is 19.5 Å². The van der Waals surface area contributed by atoms with Crippen molar-refractivity contribution in [1.29, 1.82) is 0 Å². The Kier molecular flexibility index (Phi) is 5.52. The number of anilines is 1. The molecule has 41 heavy (non-hydrogen) atoms. The van der Waals surface area contributed by atoms with Gasteiger partial charge in [0, 0.05) is 18.2 Å². The maximum absolute atomic E-state index is 14.7. The van der Waals surface area contributed by atoms with Gasteiger partial charge in [0.15, 0.2) is 5.41 Å². The van der Waals surface area contributed by atoms with Gasteiger partial charge in [-0.05, 0) is 37.2 Å². The Bertz CT molecular complexity index is 1480. The van der Waals surface area contributed by atoms with Crippen LogP contribution >= 0.6 is 0 Å². The first-order valence-electron chi connectivity index (χ1n) is 13.8. The van der Waals surface area contributed by atoms with Crippen LogP contribution in [0.2, 0.25) is 0 Å². The molecule has 5 aliphatic rings. The number of likely N-dealkylation sites (tertiary alicyclic amines) is 1. The number of likely N-dealkylation sites (N-methyl/N-ethyl adjacent to an activating group) is 1. The topological polar surface area (TPSA) is 127 Å². The lowest BCUT2D eigenvalue weighted by Crippen LogP contribution is -2.86. The molecule has 0 radical (unpaired) electrons. The molecule has 10 heteroatoms. The molecule has 10 nitrogen and oxygen atoms in total. The van der Waals surface area contributed by atoms with Gasteiger partial charge in [-0.2, -0.15) is 0 Å². The first-order valence-corrected chi connectivity index (χ1v) is 13.8. The quantitative estimate of drug-likeness (QED) is 0.242. The Morgan fingerprint density at radius 3 is 2.56 bits per heavy atom. The van der Waals surface area contributed by atoms with Crippen LogP contribution in [0.25, 0.3) is 6.08 Å². The minimum atomic E-state index is -2.18. The second-order valence-electron chi connectivity index (χ2n) is 11.7. The molecule has 1 saturated carbocycles. The zero-order valence-corrected chi connectivity index (χ0v) is 23.0. The summed E-state index contributed by atoms with van der Waals surface area (Å²) in [7, 11) is 3.03. The lowest BCUT2D eigenvalue weighted by atomic mass is 9.41. The fourth-order valence-corrected chi connectivity index (χ4v) is 8.65. The molecule has 7 rings (SSSR count). The summed E-state index contributed by atoms with van der Waals surface area (Å²) in [5.41, 5.74) is -4.39. The van der Waals surface area contributed by atoms with E-state index < -0.39 is 58.1 Å². The van der Waals surface area contributed by atoms with Crippen LogP contribution in [0.4, 0.5) is 5.69 Å². The number of benzene rings is 2. The average Bonchev–Trinajstić information content (AvgIpc) is 3.33. The van der Waals surface area contributed by atoms with E-state index in [0.29, 0.717) is 17.8 Å². The maximum atomic E-state index is 14.7. The summed E-state index contributed by atoms with van der Waals surface area (Å²) < 4.78 is 23.7. The summed E-state index contributed by atoms with van der Waals surface area (Å²) >= 11 is 0. The van der Waals surface area contributed by atoms with E-state index in [1.165, 1.54) is 7.11 Å². The largest absolute Gasteiger partial charge is 0.468 e. The predicted octanol–water partition coefficient (Wildman–Crippen LogP) is 1.87. The SMILES string of the molecule is COC(=O)[C@@]1(C(=O)OCC=Cc2ccccc2)[C@H]2[C@@H](O)[C@H](N(C)C[C@@]23O[C@@H]3C)[C@]23Nc4ccccc4[C@@]12CC(=O)O3. The van der Waals surface area contributed by atoms with Crippen LogP contribution in [0.5, 0.6) is 0 Å². The highest BCUT2D eigenvalue weighted by Gasteiger charge is 2.93. The number of ether oxygens (including phenoxy) is 4. The molecule has 2 N–H and O–H groups in total. The number of esters is 3. The number of nitrogens with zero attached hydrogens (tertiary/aromatic N) is 1. The van der Waals surface area contributed by atoms with Gasteiger partial charge in [0.25, 0.3) is 0 Å². The number of aliphatic hydroxyl groups excluding tert-OH is 1. The molecular weight excluding hydrogens is 528 g/mol. The molecule has 3 saturated heterocycles. The molecule has 4 fully saturated rings. The number of nitrogens with one attached hydrogen (secondary N) is 1. The first-order chi connectivity index (χ1) is 19.7. The van der Waals surface area contributed by atoms with Crippen molar-refractivity contribution in [3.8, 4) is 0 Å². The molecule has 4 aliphatic heterocycles. The third-order valence-corrected chi connectivity index (χ3v) is 10.0.